The molecule has 0 aromatic carbocycles. The standard InChI is InChI=1S/C7H14O3/c1-7(2,3)10-5-4-6(8)9/h4-5H2,1-3H3,(H,8,9). The van der Waals surface area contributed by atoms with Crippen molar-refractivity contribution >= 4 is 5.97 Å². The Morgan fingerprint density at radius 1 is 1.50 bits per heavy atom. The summed E-state index contributed by atoms with van der Waals surface area (Å²) in [5.41, 5.74) is -0.227. The smallest absolute Gasteiger partial charge is 0.305 e. The molecule has 0 saturated heterocycles. The Kier molecular flexibility index (Phi) is 3.36. The van der Waals surface area contributed by atoms with Crippen LogP contribution in [0.1, 0.15) is 27.2 Å². The summed E-state index contributed by atoms with van der Waals surface area (Å²) in [4.78, 5) is 10.0. The number of carbonyl (C=O) groups is 1. The largest absolute Gasteiger partial charge is 0.481 e. The first-order valence-corrected chi connectivity index (χ1v) is 3.27. The molecule has 0 radical (unpaired) electrons. The number of carboxylic acids is 1. The predicted octanol–water partition coefficient (Wildman–Crippen LogP) is 1.28. The second kappa shape index (κ2) is 3.56. The highest BCUT2D eigenvalue weighted by Crippen LogP contribution is 2.06. The number of ether oxygens (including phenoxy) is 1. The van der Waals surface area contributed by atoms with Gasteiger partial charge < -0.3 is 9.84 Å². The molecule has 60 valence electrons. The lowest BCUT2D eigenvalue weighted by Gasteiger charge is -2.18. The van der Waals surface area contributed by atoms with Crippen molar-refractivity contribution in [2.45, 2.75) is 32.8 Å². The van der Waals surface area contributed by atoms with Crippen LogP contribution in [0.2, 0.25) is 0 Å². The molecule has 3 nitrogen and oxygen atoms in total. The van der Waals surface area contributed by atoms with Crippen LogP contribution >= 0.6 is 0 Å². The van der Waals surface area contributed by atoms with Gasteiger partial charge in [-0.25, -0.2) is 0 Å². The monoisotopic (exact) mass is 146 g/mol. The second-order valence-corrected chi connectivity index (χ2v) is 3.10. The molecule has 0 aliphatic rings. The van der Waals surface area contributed by atoms with Crippen molar-refractivity contribution in [1.82, 2.24) is 0 Å². The maximum atomic E-state index is 10.0. The fraction of sp³-hybridized carbons (Fsp3) is 0.857. The van der Waals surface area contributed by atoms with Gasteiger partial charge in [0.15, 0.2) is 0 Å². The van der Waals surface area contributed by atoms with Crippen LogP contribution in [0.15, 0.2) is 0 Å². The summed E-state index contributed by atoms with van der Waals surface area (Å²) in [6, 6.07) is 0. The number of hydrogen-bond donors (Lipinski definition) is 1. The maximum Gasteiger partial charge on any atom is 0.305 e. The van der Waals surface area contributed by atoms with Gasteiger partial charge in [-0.05, 0) is 20.8 Å². The zero-order chi connectivity index (χ0) is 8.20. The van der Waals surface area contributed by atoms with E-state index in [-0.39, 0.29) is 12.0 Å². The van der Waals surface area contributed by atoms with Crippen molar-refractivity contribution in [3.05, 3.63) is 0 Å². The zero-order valence-corrected chi connectivity index (χ0v) is 6.68. The average molecular weight is 146 g/mol. The van der Waals surface area contributed by atoms with Crippen molar-refractivity contribution in [2.24, 2.45) is 0 Å². The van der Waals surface area contributed by atoms with Gasteiger partial charge in [-0.1, -0.05) is 0 Å². The summed E-state index contributed by atoms with van der Waals surface area (Å²) in [6.07, 6.45) is 0.0806. The molecule has 3 heteroatoms. The van der Waals surface area contributed by atoms with Crippen LogP contribution in [0.3, 0.4) is 0 Å². The van der Waals surface area contributed by atoms with Gasteiger partial charge >= 0.3 is 5.97 Å². The summed E-state index contributed by atoms with van der Waals surface area (Å²) in [5.74, 6) is -0.816. The van der Waals surface area contributed by atoms with Crippen LogP contribution in [0, 0.1) is 0 Å². The fourth-order valence-electron chi connectivity index (χ4n) is 0.445. The van der Waals surface area contributed by atoms with Crippen LogP contribution in [-0.4, -0.2) is 23.3 Å². The van der Waals surface area contributed by atoms with Crippen molar-refractivity contribution in [1.29, 1.82) is 0 Å². The first-order chi connectivity index (χ1) is 4.42. The van der Waals surface area contributed by atoms with E-state index in [1.165, 1.54) is 0 Å². The molecule has 0 aromatic rings. The average Bonchev–Trinajstić information content (AvgIpc) is 1.59. The molecule has 0 aromatic heterocycles. The first-order valence-electron chi connectivity index (χ1n) is 3.27. The Bertz CT molecular complexity index is 113. The number of carboxylic acid groups (broad SMARTS) is 1. The van der Waals surface area contributed by atoms with Crippen LogP contribution < -0.4 is 0 Å². The van der Waals surface area contributed by atoms with Gasteiger partial charge in [-0.3, -0.25) is 4.79 Å². The molecule has 0 rings (SSSR count). The van der Waals surface area contributed by atoms with E-state index in [9.17, 15) is 4.79 Å². The van der Waals surface area contributed by atoms with Crippen molar-refractivity contribution in [3.8, 4) is 0 Å². The quantitative estimate of drug-likeness (QED) is 0.652. The Morgan fingerprint density at radius 3 is 2.30 bits per heavy atom. The van der Waals surface area contributed by atoms with Gasteiger partial charge in [0.1, 0.15) is 0 Å². The predicted molar refractivity (Wildman–Crippen MR) is 38.0 cm³/mol. The highest BCUT2D eigenvalue weighted by atomic mass is 16.5. The van der Waals surface area contributed by atoms with Crippen LogP contribution in [0.5, 0.6) is 0 Å². The van der Waals surface area contributed by atoms with Gasteiger partial charge in [0, 0.05) is 0 Å². The number of rotatable bonds is 3. The van der Waals surface area contributed by atoms with Gasteiger partial charge in [0.05, 0.1) is 18.6 Å². The van der Waals surface area contributed by atoms with E-state index in [4.69, 9.17) is 9.84 Å². The van der Waals surface area contributed by atoms with Crippen molar-refractivity contribution in [3.63, 3.8) is 0 Å². The minimum Gasteiger partial charge on any atom is -0.481 e. The zero-order valence-electron chi connectivity index (χ0n) is 6.68. The van der Waals surface area contributed by atoms with E-state index in [2.05, 4.69) is 0 Å². The summed E-state index contributed by atoms with van der Waals surface area (Å²) < 4.78 is 5.16. The third-order valence-electron chi connectivity index (χ3n) is 0.851. The summed E-state index contributed by atoms with van der Waals surface area (Å²) in [5, 5.41) is 8.23. The molecule has 0 heterocycles. The molecule has 0 atom stereocenters. The number of aliphatic carboxylic acids is 1. The molecule has 10 heavy (non-hydrogen) atoms. The third kappa shape index (κ3) is 7.43. The fourth-order valence-corrected chi connectivity index (χ4v) is 0.445. The lowest BCUT2D eigenvalue weighted by molar-refractivity contribution is -0.139. The molecule has 0 unspecified atom stereocenters. The van der Waals surface area contributed by atoms with Crippen LogP contribution in [-0.2, 0) is 9.53 Å². The lowest BCUT2D eigenvalue weighted by atomic mass is 10.2. The Morgan fingerprint density at radius 2 is 2.00 bits per heavy atom. The highest BCUT2D eigenvalue weighted by Gasteiger charge is 2.09. The van der Waals surface area contributed by atoms with E-state index in [1.807, 2.05) is 20.8 Å². The molecule has 0 aliphatic carbocycles. The Hall–Kier alpha value is -0.570. The summed E-state index contributed by atoms with van der Waals surface area (Å²) in [7, 11) is 0. The topological polar surface area (TPSA) is 46.5 Å². The third-order valence-corrected chi connectivity index (χ3v) is 0.851. The second-order valence-electron chi connectivity index (χ2n) is 3.10. The normalized spacial score (nSPS) is 11.5. The summed E-state index contributed by atoms with van der Waals surface area (Å²) >= 11 is 0. The first kappa shape index (κ1) is 9.43. The molecule has 0 aliphatic heterocycles. The molecule has 0 amide bonds. The van der Waals surface area contributed by atoms with Gasteiger partial charge in [0.2, 0.25) is 0 Å². The molecule has 0 spiro atoms. The highest BCUT2D eigenvalue weighted by molar-refractivity contribution is 5.66. The molecule has 0 fully saturated rings. The van der Waals surface area contributed by atoms with E-state index in [0.29, 0.717) is 6.61 Å². The van der Waals surface area contributed by atoms with Gasteiger partial charge in [-0.15, -0.1) is 0 Å². The molecular formula is C7H14O3. The molecular weight excluding hydrogens is 132 g/mol. The maximum absolute atomic E-state index is 10.0. The lowest BCUT2D eigenvalue weighted by Crippen LogP contribution is -2.20. The minimum atomic E-state index is -0.816. The van der Waals surface area contributed by atoms with Crippen molar-refractivity contribution in [2.75, 3.05) is 6.61 Å². The molecule has 0 bridgehead atoms. The van der Waals surface area contributed by atoms with Crippen molar-refractivity contribution < 1.29 is 14.6 Å². The van der Waals surface area contributed by atoms with Crippen LogP contribution in [0.4, 0.5) is 0 Å². The van der Waals surface area contributed by atoms with E-state index in [1.54, 1.807) is 0 Å². The van der Waals surface area contributed by atoms with E-state index >= 15 is 0 Å². The minimum absolute atomic E-state index is 0.0806. The SMILES string of the molecule is CC(C)(C)OCCC(=O)O. The van der Waals surface area contributed by atoms with Gasteiger partial charge in [-0.2, -0.15) is 0 Å². The van der Waals surface area contributed by atoms with E-state index < -0.39 is 5.97 Å². The number of hydrogen-bond acceptors (Lipinski definition) is 2. The summed E-state index contributed by atoms with van der Waals surface area (Å²) in [6.45, 7) is 5.98. The van der Waals surface area contributed by atoms with Gasteiger partial charge in [0.25, 0.3) is 0 Å². The molecule has 1 N–H and O–H groups in total. The van der Waals surface area contributed by atoms with E-state index in [0.717, 1.165) is 0 Å². The van der Waals surface area contributed by atoms with Crippen LogP contribution in [0.25, 0.3) is 0 Å². The molecule has 0 saturated carbocycles. The Labute approximate surface area is 61.0 Å². The Balaban J connectivity index is 3.29.